The summed E-state index contributed by atoms with van der Waals surface area (Å²) in [5.74, 6) is -1.53. The predicted molar refractivity (Wildman–Crippen MR) is 96.9 cm³/mol. The van der Waals surface area contributed by atoms with Crippen molar-refractivity contribution in [2.75, 3.05) is 18.4 Å². The van der Waals surface area contributed by atoms with Gasteiger partial charge >= 0.3 is 6.18 Å². The zero-order valence-electron chi connectivity index (χ0n) is 14.9. The van der Waals surface area contributed by atoms with E-state index in [2.05, 4.69) is 16.0 Å². The first kappa shape index (κ1) is 20.9. The van der Waals surface area contributed by atoms with Crippen LogP contribution in [0.3, 0.4) is 0 Å². The molecule has 0 bridgehead atoms. The number of rotatable bonds is 6. The largest absolute Gasteiger partial charge is 0.417 e. The highest BCUT2D eigenvalue weighted by atomic mass is 19.4. The molecule has 0 aliphatic carbocycles. The normalized spacial score (nSPS) is 10.9. The van der Waals surface area contributed by atoms with Crippen LogP contribution in [0.2, 0.25) is 0 Å². The van der Waals surface area contributed by atoms with Crippen LogP contribution in [-0.2, 0) is 11.0 Å². The molecule has 0 aromatic heterocycles. The SMILES string of the molecule is CC(=O)Nc1ccc(C(=O)NCCNC(=O)c2ccccc2C(F)(F)F)cc1. The van der Waals surface area contributed by atoms with Crippen molar-refractivity contribution in [1.29, 1.82) is 0 Å². The molecule has 0 spiro atoms. The van der Waals surface area contributed by atoms with Crippen molar-refractivity contribution in [2.24, 2.45) is 0 Å². The molecule has 9 heteroatoms. The first-order valence-electron chi connectivity index (χ1n) is 8.29. The maximum absolute atomic E-state index is 12.9. The molecule has 0 aliphatic heterocycles. The van der Waals surface area contributed by atoms with Gasteiger partial charge in [0.15, 0.2) is 0 Å². The third-order valence-corrected chi connectivity index (χ3v) is 3.64. The second-order valence-electron chi connectivity index (χ2n) is 5.81. The minimum Gasteiger partial charge on any atom is -0.350 e. The van der Waals surface area contributed by atoms with E-state index in [1.54, 1.807) is 12.1 Å². The molecule has 0 atom stereocenters. The molecule has 0 unspecified atom stereocenters. The molecule has 28 heavy (non-hydrogen) atoms. The topological polar surface area (TPSA) is 87.3 Å². The summed E-state index contributed by atoms with van der Waals surface area (Å²) >= 11 is 0. The number of hydrogen-bond acceptors (Lipinski definition) is 3. The van der Waals surface area contributed by atoms with Gasteiger partial charge in [0.05, 0.1) is 11.1 Å². The summed E-state index contributed by atoms with van der Waals surface area (Å²) in [5, 5.41) is 7.46. The van der Waals surface area contributed by atoms with Crippen LogP contribution in [-0.4, -0.2) is 30.8 Å². The average molecular weight is 393 g/mol. The second kappa shape index (κ2) is 9.03. The Kier molecular flexibility index (Phi) is 6.75. The van der Waals surface area contributed by atoms with Crippen molar-refractivity contribution in [3.8, 4) is 0 Å². The van der Waals surface area contributed by atoms with Crippen molar-refractivity contribution < 1.29 is 27.6 Å². The van der Waals surface area contributed by atoms with Gasteiger partial charge < -0.3 is 16.0 Å². The van der Waals surface area contributed by atoms with E-state index in [0.29, 0.717) is 11.3 Å². The van der Waals surface area contributed by atoms with Crippen molar-refractivity contribution in [2.45, 2.75) is 13.1 Å². The molecular weight excluding hydrogens is 375 g/mol. The van der Waals surface area contributed by atoms with Crippen LogP contribution in [0.1, 0.15) is 33.2 Å². The van der Waals surface area contributed by atoms with Gasteiger partial charge in [-0.25, -0.2) is 0 Å². The van der Waals surface area contributed by atoms with Crippen LogP contribution in [0, 0.1) is 0 Å². The van der Waals surface area contributed by atoms with E-state index in [4.69, 9.17) is 0 Å². The molecule has 2 aromatic carbocycles. The molecular formula is C19H18F3N3O3. The molecule has 0 heterocycles. The van der Waals surface area contributed by atoms with Gasteiger partial charge in [-0.1, -0.05) is 12.1 Å². The van der Waals surface area contributed by atoms with E-state index in [-0.39, 0.29) is 19.0 Å². The molecule has 0 saturated heterocycles. The van der Waals surface area contributed by atoms with Crippen LogP contribution in [0.4, 0.5) is 18.9 Å². The molecule has 0 radical (unpaired) electrons. The molecule has 0 aliphatic rings. The summed E-state index contributed by atoms with van der Waals surface area (Å²) < 4.78 is 38.8. The zero-order valence-corrected chi connectivity index (χ0v) is 14.9. The summed E-state index contributed by atoms with van der Waals surface area (Å²) in [7, 11) is 0. The third-order valence-electron chi connectivity index (χ3n) is 3.64. The van der Waals surface area contributed by atoms with Crippen molar-refractivity contribution >= 4 is 23.4 Å². The van der Waals surface area contributed by atoms with Crippen LogP contribution >= 0.6 is 0 Å². The quantitative estimate of drug-likeness (QED) is 0.660. The van der Waals surface area contributed by atoms with E-state index in [9.17, 15) is 27.6 Å². The fourth-order valence-electron chi connectivity index (χ4n) is 2.39. The van der Waals surface area contributed by atoms with Gasteiger partial charge in [0.25, 0.3) is 11.8 Å². The van der Waals surface area contributed by atoms with E-state index >= 15 is 0 Å². The number of carbonyl (C=O) groups excluding carboxylic acids is 3. The molecule has 2 rings (SSSR count). The van der Waals surface area contributed by atoms with Gasteiger partial charge in [-0.15, -0.1) is 0 Å². The van der Waals surface area contributed by atoms with Gasteiger partial charge in [-0.2, -0.15) is 13.2 Å². The highest BCUT2D eigenvalue weighted by molar-refractivity contribution is 5.96. The monoisotopic (exact) mass is 393 g/mol. The van der Waals surface area contributed by atoms with E-state index in [1.165, 1.54) is 31.2 Å². The highest BCUT2D eigenvalue weighted by Crippen LogP contribution is 2.31. The minimum atomic E-state index is -4.63. The fourth-order valence-corrected chi connectivity index (χ4v) is 2.39. The molecule has 2 aromatic rings. The number of carbonyl (C=O) groups is 3. The average Bonchev–Trinajstić information content (AvgIpc) is 2.64. The second-order valence-corrected chi connectivity index (χ2v) is 5.81. The Morgan fingerprint density at radius 1 is 0.857 bits per heavy atom. The van der Waals surface area contributed by atoms with Crippen LogP contribution in [0.5, 0.6) is 0 Å². The molecule has 148 valence electrons. The lowest BCUT2D eigenvalue weighted by atomic mass is 10.1. The molecule has 3 N–H and O–H groups in total. The van der Waals surface area contributed by atoms with Crippen molar-refractivity contribution in [3.63, 3.8) is 0 Å². The standard InChI is InChI=1S/C19H18F3N3O3/c1-12(26)25-14-8-6-13(7-9-14)17(27)23-10-11-24-18(28)15-4-2-3-5-16(15)19(20,21)22/h2-9H,10-11H2,1H3,(H,23,27)(H,24,28)(H,25,26). The number of hydrogen-bond donors (Lipinski definition) is 3. The third kappa shape index (κ3) is 5.83. The lowest BCUT2D eigenvalue weighted by molar-refractivity contribution is -0.138. The maximum Gasteiger partial charge on any atom is 0.417 e. The van der Waals surface area contributed by atoms with Crippen molar-refractivity contribution in [3.05, 3.63) is 65.2 Å². The number of anilines is 1. The lowest BCUT2D eigenvalue weighted by Gasteiger charge is -2.13. The Labute approximate surface area is 159 Å². The van der Waals surface area contributed by atoms with Crippen LogP contribution in [0.15, 0.2) is 48.5 Å². The summed E-state index contributed by atoms with van der Waals surface area (Å²) in [6, 6.07) is 10.6. The van der Waals surface area contributed by atoms with E-state index in [1.807, 2.05) is 0 Å². The van der Waals surface area contributed by atoms with Gasteiger partial charge in [0.1, 0.15) is 0 Å². The Hall–Kier alpha value is -3.36. The predicted octanol–water partition coefficient (Wildman–Crippen LogP) is 2.82. The van der Waals surface area contributed by atoms with Gasteiger partial charge in [0, 0.05) is 31.3 Å². The molecule has 0 fully saturated rings. The number of amides is 3. The molecule has 3 amide bonds. The Bertz CT molecular complexity index is 865. The first-order valence-corrected chi connectivity index (χ1v) is 8.29. The zero-order chi connectivity index (χ0) is 20.7. The fraction of sp³-hybridized carbons (Fsp3) is 0.211. The van der Waals surface area contributed by atoms with Crippen molar-refractivity contribution in [1.82, 2.24) is 10.6 Å². The van der Waals surface area contributed by atoms with Gasteiger partial charge in [-0.3, -0.25) is 14.4 Å². The summed E-state index contributed by atoms with van der Waals surface area (Å²) in [6.45, 7) is 1.36. The number of halogens is 3. The summed E-state index contributed by atoms with van der Waals surface area (Å²) in [4.78, 5) is 35.0. The maximum atomic E-state index is 12.9. The molecule has 6 nitrogen and oxygen atoms in total. The lowest BCUT2D eigenvalue weighted by Crippen LogP contribution is -2.35. The number of alkyl halides is 3. The van der Waals surface area contributed by atoms with E-state index in [0.717, 1.165) is 12.1 Å². The van der Waals surface area contributed by atoms with Crippen LogP contribution in [0.25, 0.3) is 0 Å². The highest BCUT2D eigenvalue weighted by Gasteiger charge is 2.34. The van der Waals surface area contributed by atoms with Gasteiger partial charge in [0.2, 0.25) is 5.91 Å². The minimum absolute atomic E-state index is 0.0339. The number of benzene rings is 2. The van der Waals surface area contributed by atoms with E-state index < -0.39 is 29.1 Å². The smallest absolute Gasteiger partial charge is 0.350 e. The summed E-state index contributed by atoms with van der Waals surface area (Å²) in [6.07, 6.45) is -4.63. The van der Waals surface area contributed by atoms with Crippen LogP contribution < -0.4 is 16.0 Å². The first-order chi connectivity index (χ1) is 13.2. The van der Waals surface area contributed by atoms with Gasteiger partial charge in [-0.05, 0) is 36.4 Å². The Balaban J connectivity index is 1.85. The number of nitrogens with one attached hydrogen (secondary N) is 3. The summed E-state index contributed by atoms with van der Waals surface area (Å²) in [5.41, 5.74) is -0.617. The Morgan fingerprint density at radius 2 is 1.43 bits per heavy atom. The Morgan fingerprint density at radius 3 is 2.00 bits per heavy atom. The molecule has 0 saturated carbocycles.